The van der Waals surface area contributed by atoms with E-state index >= 15 is 0 Å². The van der Waals surface area contributed by atoms with Gasteiger partial charge in [-0.25, -0.2) is 9.59 Å². The van der Waals surface area contributed by atoms with Gasteiger partial charge in [0.1, 0.15) is 4.88 Å². The Kier molecular flexibility index (Phi) is 8.08. The van der Waals surface area contributed by atoms with E-state index in [1.165, 1.54) is 6.07 Å². The minimum absolute atomic E-state index is 0.0724. The average Bonchev–Trinajstić information content (AvgIpc) is 2.88. The summed E-state index contributed by atoms with van der Waals surface area (Å²) in [5.74, 6) is -1.90. The number of carbonyl (C=O) groups excluding carboxylic acids is 2. The van der Waals surface area contributed by atoms with Gasteiger partial charge in [0.05, 0.1) is 18.0 Å². The average molecular weight is 407 g/mol. The summed E-state index contributed by atoms with van der Waals surface area (Å²) < 4.78 is 39.8. The summed E-state index contributed by atoms with van der Waals surface area (Å²) in [6.07, 6.45) is -0.0881. The number of carbonyl (C=O) groups is 2. The zero-order valence-corrected chi connectivity index (χ0v) is 17.5. The molecule has 0 saturated heterocycles. The Labute approximate surface area is 158 Å². The van der Waals surface area contributed by atoms with Crippen molar-refractivity contribution in [3.05, 3.63) is 15.8 Å². The van der Waals surface area contributed by atoms with Gasteiger partial charge in [-0.05, 0) is 33.6 Å². The molecule has 1 aromatic heterocycles. The van der Waals surface area contributed by atoms with E-state index in [1.54, 1.807) is 34.6 Å². The fourth-order valence-electron chi connectivity index (χ4n) is 1.86. The van der Waals surface area contributed by atoms with Crippen molar-refractivity contribution in [2.24, 2.45) is 5.92 Å². The second kappa shape index (κ2) is 9.36. The van der Waals surface area contributed by atoms with E-state index in [0.717, 1.165) is 11.3 Å². The molecule has 0 spiro atoms. The fourth-order valence-corrected chi connectivity index (χ4v) is 4.16. The third kappa shape index (κ3) is 6.95. The van der Waals surface area contributed by atoms with Crippen molar-refractivity contribution in [1.29, 1.82) is 0 Å². The summed E-state index contributed by atoms with van der Waals surface area (Å²) in [5.41, 5.74) is 0. The highest BCUT2D eigenvalue weighted by Crippen LogP contribution is 2.32. The van der Waals surface area contributed by atoms with E-state index in [-0.39, 0.29) is 33.3 Å². The summed E-state index contributed by atoms with van der Waals surface area (Å²) in [5, 5.41) is 0. The van der Waals surface area contributed by atoms with Crippen LogP contribution >= 0.6 is 11.3 Å². The maximum atomic E-state index is 12.3. The topological polar surface area (TPSA) is 96.0 Å². The van der Waals surface area contributed by atoms with Crippen LogP contribution in [-0.2, 0) is 19.6 Å². The normalized spacial score (nSPS) is 12.9. The molecule has 0 bridgehead atoms. The van der Waals surface area contributed by atoms with Crippen molar-refractivity contribution >= 4 is 33.4 Å². The molecule has 1 rings (SSSR count). The van der Waals surface area contributed by atoms with Gasteiger partial charge in [-0.15, -0.1) is 11.3 Å². The number of hydrogen-bond donors (Lipinski definition) is 0. The van der Waals surface area contributed by atoms with E-state index in [2.05, 4.69) is 0 Å². The van der Waals surface area contributed by atoms with E-state index in [1.807, 2.05) is 6.92 Å². The maximum Gasteiger partial charge on any atom is 0.352 e. The number of ether oxygens (including phenoxy) is 2. The number of hydrogen-bond acceptors (Lipinski definition) is 8. The first-order valence-electron chi connectivity index (χ1n) is 8.43. The lowest BCUT2D eigenvalue weighted by molar-refractivity contribution is 0.0373. The summed E-state index contributed by atoms with van der Waals surface area (Å²) in [6, 6.07) is 1.21. The smallest absolute Gasteiger partial charge is 0.352 e. The van der Waals surface area contributed by atoms with E-state index < -0.39 is 28.2 Å². The van der Waals surface area contributed by atoms with Gasteiger partial charge in [0.15, 0.2) is 10.6 Å². The molecule has 0 N–H and O–H groups in total. The van der Waals surface area contributed by atoms with Gasteiger partial charge >= 0.3 is 22.1 Å². The second-order valence-corrected chi connectivity index (χ2v) is 9.20. The van der Waals surface area contributed by atoms with E-state index in [4.69, 9.17) is 13.7 Å². The third-order valence-corrected chi connectivity index (χ3v) is 5.66. The molecule has 0 fully saturated rings. The Morgan fingerprint density at radius 1 is 1.04 bits per heavy atom. The molecule has 26 heavy (non-hydrogen) atoms. The standard InChI is InChI=1S/C17H26O7S2/c1-7-12(6)9-26(20,21)24-13-8-14(16(18)22-10(2)3)25-15(13)17(19)23-11(4)5/h8,10-12H,7,9H2,1-6H3. The van der Waals surface area contributed by atoms with Crippen LogP contribution in [0.1, 0.15) is 67.3 Å². The molecule has 1 heterocycles. The molecule has 9 heteroatoms. The lowest BCUT2D eigenvalue weighted by Crippen LogP contribution is -2.20. The van der Waals surface area contributed by atoms with Crippen molar-refractivity contribution in [1.82, 2.24) is 0 Å². The van der Waals surface area contributed by atoms with E-state index in [0.29, 0.717) is 6.42 Å². The summed E-state index contributed by atoms with van der Waals surface area (Å²) in [6.45, 7) is 10.4. The number of esters is 2. The zero-order chi connectivity index (χ0) is 20.1. The first-order chi connectivity index (χ1) is 11.9. The monoisotopic (exact) mass is 406 g/mol. The largest absolute Gasteiger partial charge is 0.459 e. The zero-order valence-electron chi connectivity index (χ0n) is 15.9. The lowest BCUT2D eigenvalue weighted by atomic mass is 10.2. The van der Waals surface area contributed by atoms with Crippen molar-refractivity contribution in [2.45, 2.75) is 60.2 Å². The molecule has 0 aromatic carbocycles. The lowest BCUT2D eigenvalue weighted by Gasteiger charge is -2.11. The van der Waals surface area contributed by atoms with Gasteiger partial charge in [-0.1, -0.05) is 20.3 Å². The van der Waals surface area contributed by atoms with Crippen molar-refractivity contribution in [3.63, 3.8) is 0 Å². The van der Waals surface area contributed by atoms with Gasteiger partial charge in [-0.3, -0.25) is 0 Å². The highest BCUT2D eigenvalue weighted by molar-refractivity contribution is 7.87. The minimum atomic E-state index is -3.92. The van der Waals surface area contributed by atoms with Crippen LogP contribution in [0.4, 0.5) is 0 Å². The summed E-state index contributed by atoms with van der Waals surface area (Å²) in [7, 11) is -3.92. The van der Waals surface area contributed by atoms with Crippen molar-refractivity contribution in [3.8, 4) is 5.75 Å². The van der Waals surface area contributed by atoms with E-state index in [9.17, 15) is 18.0 Å². The van der Waals surface area contributed by atoms with Gasteiger partial charge < -0.3 is 13.7 Å². The quantitative estimate of drug-likeness (QED) is 0.456. The molecule has 0 aliphatic heterocycles. The maximum absolute atomic E-state index is 12.3. The molecular weight excluding hydrogens is 380 g/mol. The summed E-state index contributed by atoms with van der Waals surface area (Å²) in [4.78, 5) is 24.3. The minimum Gasteiger partial charge on any atom is -0.459 e. The van der Waals surface area contributed by atoms with Crippen molar-refractivity contribution < 1.29 is 31.7 Å². The van der Waals surface area contributed by atoms with Crippen LogP contribution < -0.4 is 4.18 Å². The SMILES string of the molecule is CCC(C)CS(=O)(=O)Oc1cc(C(=O)OC(C)C)sc1C(=O)OC(C)C. The van der Waals surface area contributed by atoms with Crippen LogP contribution in [0.3, 0.4) is 0 Å². The first kappa shape index (κ1) is 22.4. The Morgan fingerprint density at radius 2 is 1.58 bits per heavy atom. The molecule has 0 aliphatic carbocycles. The molecule has 148 valence electrons. The second-order valence-electron chi connectivity index (χ2n) is 6.53. The molecule has 0 amide bonds. The Morgan fingerprint density at radius 3 is 2.08 bits per heavy atom. The predicted octanol–water partition coefficient (Wildman–Crippen LogP) is 3.63. The third-order valence-electron chi connectivity index (χ3n) is 3.17. The molecule has 1 aromatic rings. The number of thiophene rings is 1. The highest BCUT2D eigenvalue weighted by atomic mass is 32.2. The molecule has 1 atom stereocenters. The van der Waals surface area contributed by atoms with Gasteiger partial charge in [0.25, 0.3) is 0 Å². The van der Waals surface area contributed by atoms with Crippen LogP contribution in [-0.4, -0.2) is 38.3 Å². The van der Waals surface area contributed by atoms with Crippen LogP contribution in [0.2, 0.25) is 0 Å². The van der Waals surface area contributed by atoms with Crippen LogP contribution in [0.15, 0.2) is 6.07 Å². The molecule has 1 unspecified atom stereocenters. The van der Waals surface area contributed by atoms with Crippen LogP contribution in [0, 0.1) is 5.92 Å². The van der Waals surface area contributed by atoms with Crippen molar-refractivity contribution in [2.75, 3.05) is 5.75 Å². The molecule has 0 aliphatic rings. The number of rotatable bonds is 9. The Hall–Kier alpha value is -1.61. The molecular formula is C17H26O7S2. The van der Waals surface area contributed by atoms with Crippen LogP contribution in [0.25, 0.3) is 0 Å². The molecule has 0 saturated carbocycles. The van der Waals surface area contributed by atoms with Gasteiger partial charge in [0.2, 0.25) is 0 Å². The van der Waals surface area contributed by atoms with Gasteiger partial charge in [0, 0.05) is 6.07 Å². The molecule has 7 nitrogen and oxygen atoms in total. The molecule has 0 radical (unpaired) electrons. The Bertz CT molecular complexity index is 732. The Balaban J connectivity index is 3.19. The highest BCUT2D eigenvalue weighted by Gasteiger charge is 2.28. The van der Waals surface area contributed by atoms with Gasteiger partial charge in [-0.2, -0.15) is 8.42 Å². The first-order valence-corrected chi connectivity index (χ1v) is 10.8. The fraction of sp³-hybridized carbons (Fsp3) is 0.647. The summed E-state index contributed by atoms with van der Waals surface area (Å²) >= 11 is 0.786. The van der Waals surface area contributed by atoms with Crippen LogP contribution in [0.5, 0.6) is 5.75 Å². The predicted molar refractivity (Wildman–Crippen MR) is 99.3 cm³/mol.